The molecule has 0 radical (unpaired) electrons. The van der Waals surface area contributed by atoms with Gasteiger partial charge in [-0.1, -0.05) is 11.3 Å². The monoisotopic (exact) mass is 415 g/mol. The van der Waals surface area contributed by atoms with Gasteiger partial charge >= 0.3 is 0 Å². The van der Waals surface area contributed by atoms with E-state index >= 15 is 0 Å². The number of aromatic nitrogens is 3. The number of fused-ring (bicyclic) bond motifs is 1. The van der Waals surface area contributed by atoms with Gasteiger partial charge in [0.1, 0.15) is 12.4 Å². The molecule has 0 unspecified atom stereocenters. The van der Waals surface area contributed by atoms with Crippen molar-refractivity contribution in [3.63, 3.8) is 0 Å². The molecule has 3 aromatic rings. The van der Waals surface area contributed by atoms with Crippen molar-refractivity contribution in [2.75, 3.05) is 51.9 Å². The van der Waals surface area contributed by atoms with E-state index in [4.69, 9.17) is 14.5 Å². The van der Waals surface area contributed by atoms with Crippen LogP contribution < -0.4 is 9.64 Å². The van der Waals surface area contributed by atoms with Crippen LogP contribution in [0.5, 0.6) is 5.75 Å². The summed E-state index contributed by atoms with van der Waals surface area (Å²) in [6.07, 6.45) is 0.912. The topological polar surface area (TPSA) is 72.7 Å². The summed E-state index contributed by atoms with van der Waals surface area (Å²) >= 11 is 1.66. The SMILES string of the molecule is COCC(=O)N1CCCN(c2nc3c(s2)c(C)nn3-c2ccc(OC)cc2)CC1. The fourth-order valence-corrected chi connectivity index (χ4v) is 4.57. The average molecular weight is 416 g/mol. The van der Waals surface area contributed by atoms with Crippen LogP contribution in [0.15, 0.2) is 24.3 Å². The van der Waals surface area contributed by atoms with Crippen LogP contribution in [0.4, 0.5) is 5.13 Å². The van der Waals surface area contributed by atoms with Gasteiger partial charge in [-0.2, -0.15) is 10.1 Å². The Labute approximate surface area is 173 Å². The summed E-state index contributed by atoms with van der Waals surface area (Å²) < 4.78 is 13.2. The number of carbonyl (C=O) groups is 1. The highest BCUT2D eigenvalue weighted by Gasteiger charge is 2.23. The number of rotatable bonds is 5. The molecule has 1 amide bonds. The molecule has 1 aliphatic rings. The summed E-state index contributed by atoms with van der Waals surface area (Å²) in [6, 6.07) is 7.81. The molecule has 1 saturated heterocycles. The molecule has 8 nitrogen and oxygen atoms in total. The van der Waals surface area contributed by atoms with Crippen LogP contribution in [0.2, 0.25) is 0 Å². The normalized spacial score (nSPS) is 15.0. The van der Waals surface area contributed by atoms with Gasteiger partial charge in [0.25, 0.3) is 0 Å². The van der Waals surface area contributed by atoms with Crippen LogP contribution in [-0.4, -0.2) is 72.6 Å². The molecule has 29 heavy (non-hydrogen) atoms. The number of aryl methyl sites for hydroxylation is 1. The lowest BCUT2D eigenvalue weighted by molar-refractivity contribution is -0.134. The molecule has 0 aliphatic carbocycles. The van der Waals surface area contributed by atoms with Gasteiger partial charge in [0.2, 0.25) is 5.91 Å². The highest BCUT2D eigenvalue weighted by Crippen LogP contribution is 2.33. The minimum absolute atomic E-state index is 0.0460. The van der Waals surface area contributed by atoms with E-state index in [1.807, 2.05) is 40.8 Å². The molecule has 0 spiro atoms. The zero-order valence-corrected chi connectivity index (χ0v) is 17.7. The zero-order chi connectivity index (χ0) is 20.4. The van der Waals surface area contributed by atoms with Crippen LogP contribution in [0.3, 0.4) is 0 Å². The molecule has 1 aliphatic heterocycles. The number of hydrogen-bond acceptors (Lipinski definition) is 7. The first-order chi connectivity index (χ1) is 14.1. The third kappa shape index (κ3) is 3.92. The molecule has 9 heteroatoms. The Hall–Kier alpha value is -2.65. The predicted octanol–water partition coefficient (Wildman–Crippen LogP) is 2.48. The van der Waals surface area contributed by atoms with E-state index in [0.717, 1.165) is 58.7 Å². The number of nitrogens with zero attached hydrogens (tertiary/aromatic N) is 5. The highest BCUT2D eigenvalue weighted by atomic mass is 32.1. The molecular weight excluding hydrogens is 390 g/mol. The lowest BCUT2D eigenvalue weighted by atomic mass is 10.3. The Kier molecular flexibility index (Phi) is 5.68. The van der Waals surface area contributed by atoms with Gasteiger partial charge in [0, 0.05) is 33.3 Å². The summed E-state index contributed by atoms with van der Waals surface area (Å²) in [4.78, 5) is 21.2. The maximum Gasteiger partial charge on any atom is 0.248 e. The molecule has 4 rings (SSSR count). The molecular formula is C20H25N5O3S. The van der Waals surface area contributed by atoms with Gasteiger partial charge < -0.3 is 19.3 Å². The quantitative estimate of drug-likeness (QED) is 0.638. The number of methoxy groups -OCH3 is 2. The molecule has 2 aromatic heterocycles. The summed E-state index contributed by atoms with van der Waals surface area (Å²) in [6.45, 7) is 5.22. The second-order valence-corrected chi connectivity index (χ2v) is 7.98. The third-order valence-corrected chi connectivity index (χ3v) is 6.30. The first kappa shape index (κ1) is 19.7. The van der Waals surface area contributed by atoms with E-state index in [0.29, 0.717) is 6.54 Å². The summed E-state index contributed by atoms with van der Waals surface area (Å²) in [7, 11) is 3.21. The number of thiazole rings is 1. The van der Waals surface area contributed by atoms with E-state index in [1.54, 1.807) is 25.6 Å². The average Bonchev–Trinajstić information content (AvgIpc) is 3.19. The number of carbonyl (C=O) groups excluding carboxylic acids is 1. The zero-order valence-electron chi connectivity index (χ0n) is 16.9. The Morgan fingerprint density at radius 3 is 2.66 bits per heavy atom. The van der Waals surface area contributed by atoms with E-state index < -0.39 is 0 Å². The fourth-order valence-electron chi connectivity index (χ4n) is 3.53. The Balaban J connectivity index is 1.58. The fraction of sp³-hybridized carbons (Fsp3) is 0.450. The second kappa shape index (κ2) is 8.38. The maximum absolute atomic E-state index is 12.1. The van der Waals surface area contributed by atoms with Crippen molar-refractivity contribution < 1.29 is 14.3 Å². The van der Waals surface area contributed by atoms with Crippen molar-refractivity contribution in [3.05, 3.63) is 30.0 Å². The minimum Gasteiger partial charge on any atom is -0.497 e. The predicted molar refractivity (Wildman–Crippen MR) is 113 cm³/mol. The van der Waals surface area contributed by atoms with E-state index in [2.05, 4.69) is 10.00 Å². The molecule has 0 saturated carbocycles. The number of benzene rings is 1. The third-order valence-electron chi connectivity index (χ3n) is 5.08. The summed E-state index contributed by atoms with van der Waals surface area (Å²) in [5.41, 5.74) is 2.78. The van der Waals surface area contributed by atoms with Crippen molar-refractivity contribution in [1.82, 2.24) is 19.7 Å². The molecule has 0 N–H and O–H groups in total. The molecule has 3 heterocycles. The van der Waals surface area contributed by atoms with Crippen LogP contribution >= 0.6 is 11.3 Å². The number of amides is 1. The van der Waals surface area contributed by atoms with Gasteiger partial charge in [-0.3, -0.25) is 4.79 Å². The minimum atomic E-state index is 0.0460. The standard InChI is InChI=1S/C20H25N5O3S/c1-14-18-19(25(22-14)15-5-7-16(28-3)8-6-15)21-20(29-18)24-10-4-9-23(11-12-24)17(26)13-27-2/h5-8H,4,9-13H2,1-3H3. The largest absolute Gasteiger partial charge is 0.497 e. The molecule has 0 bridgehead atoms. The van der Waals surface area contributed by atoms with E-state index in [1.165, 1.54) is 0 Å². The molecule has 154 valence electrons. The van der Waals surface area contributed by atoms with Crippen molar-refractivity contribution in [3.8, 4) is 11.4 Å². The second-order valence-electron chi connectivity index (χ2n) is 7.00. The Bertz CT molecular complexity index is 998. The maximum atomic E-state index is 12.1. The van der Waals surface area contributed by atoms with Crippen LogP contribution in [0, 0.1) is 6.92 Å². The van der Waals surface area contributed by atoms with Gasteiger partial charge in [-0.05, 0) is 37.6 Å². The van der Waals surface area contributed by atoms with Gasteiger partial charge in [0.05, 0.1) is 23.2 Å². The van der Waals surface area contributed by atoms with Crippen molar-refractivity contribution >= 4 is 32.7 Å². The van der Waals surface area contributed by atoms with Gasteiger partial charge in [-0.25, -0.2) is 4.68 Å². The Morgan fingerprint density at radius 2 is 1.93 bits per heavy atom. The van der Waals surface area contributed by atoms with Crippen LogP contribution in [0.1, 0.15) is 12.1 Å². The van der Waals surface area contributed by atoms with E-state index in [-0.39, 0.29) is 12.5 Å². The number of ether oxygens (including phenoxy) is 2. The smallest absolute Gasteiger partial charge is 0.248 e. The molecule has 1 aromatic carbocycles. The Morgan fingerprint density at radius 1 is 1.14 bits per heavy atom. The number of hydrogen-bond donors (Lipinski definition) is 0. The van der Waals surface area contributed by atoms with Crippen molar-refractivity contribution in [2.24, 2.45) is 0 Å². The van der Waals surface area contributed by atoms with E-state index in [9.17, 15) is 4.79 Å². The van der Waals surface area contributed by atoms with Crippen LogP contribution in [0.25, 0.3) is 16.0 Å². The van der Waals surface area contributed by atoms with Gasteiger partial charge in [0.15, 0.2) is 10.8 Å². The molecule has 1 fully saturated rings. The highest BCUT2D eigenvalue weighted by molar-refractivity contribution is 7.22. The van der Waals surface area contributed by atoms with Gasteiger partial charge in [-0.15, -0.1) is 0 Å². The molecule has 0 atom stereocenters. The van der Waals surface area contributed by atoms with Crippen LogP contribution in [-0.2, 0) is 9.53 Å². The lowest BCUT2D eigenvalue weighted by Crippen LogP contribution is -2.37. The first-order valence-electron chi connectivity index (χ1n) is 9.63. The first-order valence-corrected chi connectivity index (χ1v) is 10.4. The lowest BCUT2D eigenvalue weighted by Gasteiger charge is -2.21. The summed E-state index contributed by atoms with van der Waals surface area (Å²) in [5.74, 6) is 0.856. The van der Waals surface area contributed by atoms with Crippen molar-refractivity contribution in [2.45, 2.75) is 13.3 Å². The van der Waals surface area contributed by atoms with Crippen molar-refractivity contribution in [1.29, 1.82) is 0 Å². The summed E-state index contributed by atoms with van der Waals surface area (Å²) in [5, 5.41) is 5.65. The number of anilines is 1.